The van der Waals surface area contributed by atoms with Crippen LogP contribution in [0, 0.1) is 5.41 Å². The zero-order chi connectivity index (χ0) is 10.4. The van der Waals surface area contributed by atoms with Crippen LogP contribution in [0.2, 0.25) is 0 Å². The van der Waals surface area contributed by atoms with E-state index in [4.69, 9.17) is 5.41 Å². The number of nitrogens with zero attached hydrogens (tertiary/aromatic N) is 2. The van der Waals surface area contributed by atoms with Crippen molar-refractivity contribution in [3.8, 4) is 0 Å². The summed E-state index contributed by atoms with van der Waals surface area (Å²) in [5.74, 6) is -0.333. The predicted molar refractivity (Wildman–Crippen MR) is 55.6 cm³/mol. The molecule has 5 N–H and O–H groups in total. The lowest BCUT2D eigenvalue weighted by atomic mass is 10.2. The van der Waals surface area contributed by atoms with Crippen molar-refractivity contribution < 1.29 is 0 Å². The van der Waals surface area contributed by atoms with Crippen LogP contribution in [0.1, 0.15) is 0 Å². The third-order valence-corrected chi connectivity index (χ3v) is 1.41. The minimum atomic E-state index is -0.333. The number of aromatic nitrogens is 2. The number of guanidine groups is 1. The first-order valence-corrected chi connectivity index (χ1v) is 3.94. The Morgan fingerprint density at radius 3 is 2.50 bits per heavy atom. The summed E-state index contributed by atoms with van der Waals surface area (Å²) in [5, 5.41) is 7.14. The zero-order valence-electron chi connectivity index (χ0n) is 7.51. The smallest absolute Gasteiger partial charge is 0.183 e. The van der Waals surface area contributed by atoms with Crippen LogP contribution in [0.25, 0.3) is 10.9 Å². The molecule has 2 aromatic rings. The molecule has 1 aromatic carbocycles. The Labute approximate surface area is 81.3 Å². The van der Waals surface area contributed by atoms with Crippen molar-refractivity contribution in [1.29, 1.82) is 5.41 Å². The minimum Gasteiger partial charge on any atom is -0.370 e. The van der Waals surface area contributed by atoms with Gasteiger partial charge < -0.3 is 11.5 Å². The van der Waals surface area contributed by atoms with Gasteiger partial charge in [-0.3, -0.25) is 5.41 Å². The second-order valence-electron chi connectivity index (χ2n) is 2.54. The average molecular weight is 189 g/mol. The van der Waals surface area contributed by atoms with Gasteiger partial charge in [-0.05, 0) is 6.07 Å². The lowest BCUT2D eigenvalue weighted by Crippen LogP contribution is -2.20. The van der Waals surface area contributed by atoms with E-state index in [9.17, 15) is 0 Å². The summed E-state index contributed by atoms with van der Waals surface area (Å²) in [6, 6.07) is 7.91. The molecule has 0 fully saturated rings. The number of hydrogen-bond donors (Lipinski definition) is 3. The number of rotatable bonds is 0. The maximum Gasteiger partial charge on any atom is 0.183 e. The molecule has 0 amide bonds. The van der Waals surface area contributed by atoms with E-state index in [-0.39, 0.29) is 5.96 Å². The van der Waals surface area contributed by atoms with Gasteiger partial charge in [0.15, 0.2) is 5.96 Å². The Morgan fingerprint density at radius 1 is 1.21 bits per heavy atom. The van der Waals surface area contributed by atoms with Gasteiger partial charge in [0.2, 0.25) is 0 Å². The maximum atomic E-state index is 6.06. The fraction of sp³-hybridized carbons (Fsp3) is 0. The third-order valence-electron chi connectivity index (χ3n) is 1.41. The fourth-order valence-corrected chi connectivity index (χ4v) is 0.923. The summed E-state index contributed by atoms with van der Waals surface area (Å²) in [5.41, 5.74) is 9.94. The summed E-state index contributed by atoms with van der Waals surface area (Å²) < 4.78 is 0. The van der Waals surface area contributed by atoms with Crippen molar-refractivity contribution in [2.75, 3.05) is 0 Å². The molecule has 5 heteroatoms. The molecule has 0 atom stereocenters. The van der Waals surface area contributed by atoms with Crippen LogP contribution in [0.15, 0.2) is 36.8 Å². The molecule has 2 rings (SSSR count). The van der Waals surface area contributed by atoms with E-state index in [1.807, 2.05) is 30.5 Å². The number of nitrogens with one attached hydrogen (secondary N) is 1. The summed E-state index contributed by atoms with van der Waals surface area (Å²) in [7, 11) is 0. The van der Waals surface area contributed by atoms with Crippen LogP contribution in [-0.4, -0.2) is 15.9 Å². The Bertz CT molecular complexity index is 357. The SMILES string of the molecule is N=C(N)N.c1ccc2ncncc2c1. The van der Waals surface area contributed by atoms with Crippen LogP contribution in [0.4, 0.5) is 0 Å². The molecule has 0 saturated heterocycles. The van der Waals surface area contributed by atoms with E-state index in [1.54, 1.807) is 6.33 Å². The molecule has 0 bridgehead atoms. The Morgan fingerprint density at radius 2 is 1.86 bits per heavy atom. The highest BCUT2D eigenvalue weighted by molar-refractivity contribution is 5.76. The standard InChI is InChI=1S/C8H6N2.CH5N3/c1-2-4-8-7(3-1)5-9-6-10-8;2-1(3)4/h1-6H;(H5,2,3,4). The Kier molecular flexibility index (Phi) is 3.37. The molecular formula is C9H11N5. The van der Waals surface area contributed by atoms with Crippen LogP contribution in [0.5, 0.6) is 0 Å². The molecule has 0 aliphatic rings. The Balaban J connectivity index is 0.000000213. The van der Waals surface area contributed by atoms with E-state index in [0.29, 0.717) is 0 Å². The zero-order valence-corrected chi connectivity index (χ0v) is 7.51. The van der Waals surface area contributed by atoms with E-state index >= 15 is 0 Å². The van der Waals surface area contributed by atoms with Gasteiger partial charge in [-0.2, -0.15) is 0 Å². The van der Waals surface area contributed by atoms with Crippen molar-refractivity contribution in [2.45, 2.75) is 0 Å². The van der Waals surface area contributed by atoms with Crippen molar-refractivity contribution in [3.63, 3.8) is 0 Å². The second kappa shape index (κ2) is 4.76. The molecular weight excluding hydrogens is 178 g/mol. The lowest BCUT2D eigenvalue weighted by Gasteiger charge is -1.90. The quantitative estimate of drug-likeness (QED) is 0.414. The van der Waals surface area contributed by atoms with Crippen molar-refractivity contribution >= 4 is 16.9 Å². The predicted octanol–water partition coefficient (Wildman–Crippen LogP) is 0.468. The molecule has 14 heavy (non-hydrogen) atoms. The molecule has 0 aliphatic heterocycles. The molecule has 0 saturated carbocycles. The van der Waals surface area contributed by atoms with Crippen LogP contribution >= 0.6 is 0 Å². The first kappa shape index (κ1) is 9.91. The highest BCUT2D eigenvalue weighted by Gasteiger charge is 1.87. The van der Waals surface area contributed by atoms with Gasteiger partial charge in [0.1, 0.15) is 6.33 Å². The Hall–Kier alpha value is -2.17. The molecule has 0 radical (unpaired) electrons. The van der Waals surface area contributed by atoms with Crippen molar-refractivity contribution in [2.24, 2.45) is 11.5 Å². The number of benzene rings is 1. The molecule has 0 spiro atoms. The van der Waals surface area contributed by atoms with Crippen LogP contribution < -0.4 is 11.5 Å². The first-order chi connectivity index (χ1) is 6.70. The van der Waals surface area contributed by atoms with Gasteiger partial charge in [-0.1, -0.05) is 18.2 Å². The van der Waals surface area contributed by atoms with Gasteiger partial charge in [-0.25, -0.2) is 9.97 Å². The van der Waals surface area contributed by atoms with Crippen molar-refractivity contribution in [1.82, 2.24) is 9.97 Å². The first-order valence-electron chi connectivity index (χ1n) is 3.94. The van der Waals surface area contributed by atoms with E-state index in [2.05, 4.69) is 21.4 Å². The number of nitrogens with two attached hydrogens (primary N) is 2. The third kappa shape index (κ3) is 3.06. The second-order valence-corrected chi connectivity index (χ2v) is 2.54. The molecule has 5 nitrogen and oxygen atoms in total. The molecule has 1 aromatic heterocycles. The molecule has 72 valence electrons. The highest BCUT2D eigenvalue weighted by Crippen LogP contribution is 2.06. The van der Waals surface area contributed by atoms with E-state index < -0.39 is 0 Å². The number of hydrogen-bond acceptors (Lipinski definition) is 3. The van der Waals surface area contributed by atoms with Gasteiger partial charge in [0, 0.05) is 11.6 Å². The average Bonchev–Trinajstić information content (AvgIpc) is 2.17. The normalized spacial score (nSPS) is 8.86. The largest absolute Gasteiger partial charge is 0.370 e. The fourth-order valence-electron chi connectivity index (χ4n) is 0.923. The number of para-hydroxylation sites is 1. The van der Waals surface area contributed by atoms with Crippen LogP contribution in [0.3, 0.4) is 0 Å². The number of fused-ring (bicyclic) bond motifs is 1. The van der Waals surface area contributed by atoms with Gasteiger partial charge in [-0.15, -0.1) is 0 Å². The summed E-state index contributed by atoms with van der Waals surface area (Å²) in [4.78, 5) is 7.97. The van der Waals surface area contributed by atoms with Gasteiger partial charge in [0.25, 0.3) is 0 Å². The summed E-state index contributed by atoms with van der Waals surface area (Å²) in [6.07, 6.45) is 3.37. The molecule has 1 heterocycles. The maximum absolute atomic E-state index is 6.06. The topological polar surface area (TPSA) is 102 Å². The molecule has 0 unspecified atom stereocenters. The highest BCUT2D eigenvalue weighted by atomic mass is 14.9. The van der Waals surface area contributed by atoms with E-state index in [0.717, 1.165) is 10.9 Å². The van der Waals surface area contributed by atoms with E-state index in [1.165, 1.54) is 0 Å². The lowest BCUT2D eigenvalue weighted by molar-refractivity contribution is 1.22. The minimum absolute atomic E-state index is 0.333. The summed E-state index contributed by atoms with van der Waals surface area (Å²) in [6.45, 7) is 0. The summed E-state index contributed by atoms with van der Waals surface area (Å²) >= 11 is 0. The van der Waals surface area contributed by atoms with Crippen LogP contribution in [-0.2, 0) is 0 Å². The van der Waals surface area contributed by atoms with Gasteiger partial charge in [0.05, 0.1) is 5.52 Å². The van der Waals surface area contributed by atoms with Gasteiger partial charge >= 0.3 is 0 Å². The van der Waals surface area contributed by atoms with Crippen molar-refractivity contribution in [3.05, 3.63) is 36.8 Å². The monoisotopic (exact) mass is 189 g/mol. The molecule has 0 aliphatic carbocycles.